The van der Waals surface area contributed by atoms with Gasteiger partial charge < -0.3 is 14.3 Å². The lowest BCUT2D eigenvalue weighted by Gasteiger charge is -2.23. The molecule has 0 radical (unpaired) electrons. The van der Waals surface area contributed by atoms with Crippen molar-refractivity contribution in [1.82, 2.24) is 19.8 Å². The van der Waals surface area contributed by atoms with Crippen molar-refractivity contribution >= 4 is 16.9 Å². The number of hydroxylamine groups is 2. The van der Waals surface area contributed by atoms with Gasteiger partial charge in [-0.25, -0.2) is 9.67 Å². The number of fused-ring (bicyclic) bond motifs is 1. The maximum atomic E-state index is 12.0. The third-order valence-corrected chi connectivity index (χ3v) is 4.60. The number of pyridine rings is 1. The predicted molar refractivity (Wildman–Crippen MR) is 97.8 cm³/mol. The Hall–Kier alpha value is -3.13. The third kappa shape index (κ3) is 3.31. The molecule has 1 unspecified atom stereocenters. The SMILES string of the molecule is COC(=O)C1CCCN1Oc1cc(-n2cccn2)nc2cc(OC)ccc12. The first-order valence-corrected chi connectivity index (χ1v) is 8.71. The van der Waals surface area contributed by atoms with Gasteiger partial charge in [0.2, 0.25) is 0 Å². The lowest BCUT2D eigenvalue weighted by atomic mass is 10.2. The van der Waals surface area contributed by atoms with Gasteiger partial charge in [0.25, 0.3) is 0 Å². The molecule has 1 saturated heterocycles. The fourth-order valence-electron chi connectivity index (χ4n) is 3.23. The second-order valence-electron chi connectivity index (χ2n) is 6.23. The third-order valence-electron chi connectivity index (χ3n) is 4.60. The maximum absolute atomic E-state index is 12.0. The average molecular weight is 368 g/mol. The van der Waals surface area contributed by atoms with Crippen molar-refractivity contribution in [2.75, 3.05) is 20.8 Å². The largest absolute Gasteiger partial charge is 0.497 e. The molecule has 3 aromatic rings. The van der Waals surface area contributed by atoms with Crippen molar-refractivity contribution in [3.8, 4) is 17.3 Å². The highest BCUT2D eigenvalue weighted by Gasteiger charge is 2.34. The number of carbonyl (C=O) groups excluding carboxylic acids is 1. The molecule has 0 saturated carbocycles. The monoisotopic (exact) mass is 368 g/mol. The molecular weight excluding hydrogens is 348 g/mol. The van der Waals surface area contributed by atoms with E-state index in [0.717, 1.165) is 11.8 Å². The Balaban J connectivity index is 1.77. The molecule has 8 nitrogen and oxygen atoms in total. The number of ether oxygens (including phenoxy) is 2. The highest BCUT2D eigenvalue weighted by atomic mass is 16.7. The van der Waals surface area contributed by atoms with Crippen molar-refractivity contribution in [1.29, 1.82) is 0 Å². The lowest BCUT2D eigenvalue weighted by Crippen LogP contribution is -2.39. The zero-order chi connectivity index (χ0) is 18.8. The topological polar surface area (TPSA) is 78.7 Å². The summed E-state index contributed by atoms with van der Waals surface area (Å²) >= 11 is 0. The second kappa shape index (κ2) is 7.24. The van der Waals surface area contributed by atoms with Gasteiger partial charge in [-0.15, -0.1) is 5.06 Å². The normalized spacial score (nSPS) is 17.2. The maximum Gasteiger partial charge on any atom is 0.326 e. The molecule has 4 rings (SSSR count). The van der Waals surface area contributed by atoms with Gasteiger partial charge in [-0.2, -0.15) is 5.10 Å². The van der Waals surface area contributed by atoms with Gasteiger partial charge in [-0.1, -0.05) is 0 Å². The lowest BCUT2D eigenvalue weighted by molar-refractivity contribution is -0.158. The van der Waals surface area contributed by atoms with Crippen LogP contribution in [0.3, 0.4) is 0 Å². The summed E-state index contributed by atoms with van der Waals surface area (Å²) in [5.41, 5.74) is 0.714. The number of hydrogen-bond donors (Lipinski definition) is 0. The summed E-state index contributed by atoms with van der Waals surface area (Å²) in [7, 11) is 3.00. The summed E-state index contributed by atoms with van der Waals surface area (Å²) in [6.45, 7) is 0.650. The smallest absolute Gasteiger partial charge is 0.326 e. The molecule has 1 aromatic carbocycles. The minimum atomic E-state index is -0.412. The second-order valence-corrected chi connectivity index (χ2v) is 6.23. The first kappa shape index (κ1) is 17.3. The van der Waals surface area contributed by atoms with Crippen LogP contribution in [0.25, 0.3) is 16.7 Å². The molecular formula is C19H20N4O4. The molecule has 27 heavy (non-hydrogen) atoms. The van der Waals surface area contributed by atoms with Gasteiger partial charge in [-0.05, 0) is 31.0 Å². The van der Waals surface area contributed by atoms with E-state index in [1.54, 1.807) is 23.1 Å². The number of nitrogens with zero attached hydrogens (tertiary/aromatic N) is 4. The van der Waals surface area contributed by atoms with Crippen molar-refractivity contribution in [3.63, 3.8) is 0 Å². The van der Waals surface area contributed by atoms with E-state index >= 15 is 0 Å². The van der Waals surface area contributed by atoms with Crippen LogP contribution in [-0.4, -0.2) is 52.6 Å². The molecule has 0 bridgehead atoms. The Labute approximate surface area is 156 Å². The van der Waals surface area contributed by atoms with Crippen molar-refractivity contribution < 1.29 is 19.1 Å². The van der Waals surface area contributed by atoms with Gasteiger partial charge in [0.15, 0.2) is 11.6 Å². The number of carbonyl (C=O) groups is 1. The molecule has 140 valence electrons. The Morgan fingerprint density at radius 1 is 1.26 bits per heavy atom. The molecule has 1 atom stereocenters. The molecule has 0 amide bonds. The van der Waals surface area contributed by atoms with E-state index in [9.17, 15) is 4.79 Å². The molecule has 1 aliphatic heterocycles. The van der Waals surface area contributed by atoms with Crippen LogP contribution in [-0.2, 0) is 9.53 Å². The first-order chi connectivity index (χ1) is 13.2. The van der Waals surface area contributed by atoms with Crippen LogP contribution in [0.2, 0.25) is 0 Å². The number of esters is 1. The van der Waals surface area contributed by atoms with Gasteiger partial charge >= 0.3 is 5.97 Å². The van der Waals surface area contributed by atoms with Crippen LogP contribution in [0.4, 0.5) is 0 Å². The van der Waals surface area contributed by atoms with E-state index in [2.05, 4.69) is 10.1 Å². The van der Waals surface area contributed by atoms with Crippen molar-refractivity contribution in [3.05, 3.63) is 42.7 Å². The fraction of sp³-hybridized carbons (Fsp3) is 0.316. The zero-order valence-corrected chi connectivity index (χ0v) is 15.2. The molecule has 2 aromatic heterocycles. The van der Waals surface area contributed by atoms with E-state index in [1.807, 2.05) is 36.5 Å². The summed E-state index contributed by atoms with van der Waals surface area (Å²) in [6.07, 6.45) is 5.06. The molecule has 1 aliphatic rings. The Morgan fingerprint density at radius 2 is 2.15 bits per heavy atom. The number of hydrogen-bond acceptors (Lipinski definition) is 7. The summed E-state index contributed by atoms with van der Waals surface area (Å²) in [5.74, 6) is 1.63. The summed E-state index contributed by atoms with van der Waals surface area (Å²) in [6, 6.07) is 8.82. The fourth-order valence-corrected chi connectivity index (χ4v) is 3.23. The Kier molecular flexibility index (Phi) is 4.64. The van der Waals surface area contributed by atoms with E-state index in [-0.39, 0.29) is 5.97 Å². The minimum absolute atomic E-state index is 0.292. The van der Waals surface area contributed by atoms with Crippen molar-refractivity contribution in [2.45, 2.75) is 18.9 Å². The number of benzene rings is 1. The molecule has 3 heterocycles. The van der Waals surface area contributed by atoms with Crippen LogP contribution in [0, 0.1) is 0 Å². The minimum Gasteiger partial charge on any atom is -0.497 e. The predicted octanol–water partition coefficient (Wildman–Crippen LogP) is 2.36. The van der Waals surface area contributed by atoms with Gasteiger partial charge in [0.1, 0.15) is 11.8 Å². The molecule has 8 heteroatoms. The number of aromatic nitrogens is 3. The highest BCUT2D eigenvalue weighted by Crippen LogP contribution is 2.32. The van der Waals surface area contributed by atoms with E-state index in [0.29, 0.717) is 35.8 Å². The standard InChI is InChI=1S/C19H20N4O4/c1-25-13-6-7-14-15(11-13)21-18(22-9-4-8-20-22)12-17(14)27-23-10-3-5-16(23)19(24)26-2/h4,6-9,11-12,16H,3,5,10H2,1-2H3. The van der Waals surface area contributed by atoms with Crippen LogP contribution >= 0.6 is 0 Å². The van der Waals surface area contributed by atoms with E-state index in [4.69, 9.17) is 14.3 Å². The van der Waals surface area contributed by atoms with Crippen LogP contribution in [0.5, 0.6) is 11.5 Å². The number of rotatable bonds is 5. The molecule has 1 fully saturated rings. The molecule has 0 N–H and O–H groups in total. The van der Waals surface area contributed by atoms with Gasteiger partial charge in [-0.3, -0.25) is 4.79 Å². The van der Waals surface area contributed by atoms with Crippen LogP contribution in [0.15, 0.2) is 42.7 Å². The molecule has 0 aliphatic carbocycles. The van der Waals surface area contributed by atoms with Gasteiger partial charge in [0.05, 0.1) is 19.7 Å². The quantitative estimate of drug-likeness (QED) is 0.640. The Morgan fingerprint density at radius 3 is 2.89 bits per heavy atom. The number of methoxy groups -OCH3 is 2. The average Bonchev–Trinajstić information content (AvgIpc) is 3.39. The van der Waals surface area contributed by atoms with Crippen LogP contribution in [0.1, 0.15) is 12.8 Å². The highest BCUT2D eigenvalue weighted by molar-refractivity contribution is 5.87. The van der Waals surface area contributed by atoms with Gasteiger partial charge in [0, 0.05) is 36.5 Å². The summed E-state index contributed by atoms with van der Waals surface area (Å²) < 4.78 is 11.9. The van der Waals surface area contributed by atoms with Crippen LogP contribution < -0.4 is 9.57 Å². The summed E-state index contributed by atoms with van der Waals surface area (Å²) in [4.78, 5) is 22.8. The summed E-state index contributed by atoms with van der Waals surface area (Å²) in [5, 5.41) is 6.74. The molecule has 0 spiro atoms. The van der Waals surface area contributed by atoms with Crippen molar-refractivity contribution in [2.24, 2.45) is 0 Å². The first-order valence-electron chi connectivity index (χ1n) is 8.71. The Bertz CT molecular complexity index is 958. The zero-order valence-electron chi connectivity index (χ0n) is 15.2. The van der Waals surface area contributed by atoms with E-state index < -0.39 is 6.04 Å². The van der Waals surface area contributed by atoms with E-state index in [1.165, 1.54) is 7.11 Å².